The van der Waals surface area contributed by atoms with Crippen LogP contribution in [-0.2, 0) is 4.74 Å². The zero-order valence-corrected chi connectivity index (χ0v) is 11.9. The molecule has 1 rings (SSSR count). The zero-order valence-electron chi connectivity index (χ0n) is 11.9. The molecule has 0 fully saturated rings. The molecule has 0 aromatic heterocycles. The molecule has 0 saturated carbocycles. The van der Waals surface area contributed by atoms with Crippen molar-refractivity contribution < 1.29 is 19.4 Å². The third-order valence-corrected chi connectivity index (χ3v) is 2.24. The molecule has 20 heavy (non-hydrogen) atoms. The average Bonchev–Trinajstić information content (AvgIpc) is 2.28. The summed E-state index contributed by atoms with van der Waals surface area (Å²) in [6.45, 7) is 5.16. The van der Waals surface area contributed by atoms with Gasteiger partial charge in [0.1, 0.15) is 11.4 Å². The summed E-state index contributed by atoms with van der Waals surface area (Å²) in [5.41, 5.74) is 5.10. The highest BCUT2D eigenvalue weighted by molar-refractivity contribution is 5.98. The lowest BCUT2D eigenvalue weighted by Crippen LogP contribution is -2.27. The Kier molecular flexibility index (Phi) is 4.44. The van der Waals surface area contributed by atoms with Gasteiger partial charge in [-0.25, -0.2) is 4.79 Å². The molecule has 0 heterocycles. The third kappa shape index (κ3) is 4.04. The van der Waals surface area contributed by atoms with Gasteiger partial charge in [-0.15, -0.1) is 0 Å². The number of phenols is 1. The molecule has 0 aliphatic rings. The lowest BCUT2D eigenvalue weighted by molar-refractivity contribution is 0.0635. The van der Waals surface area contributed by atoms with E-state index in [1.54, 1.807) is 20.8 Å². The largest absolute Gasteiger partial charge is 0.503 e. The lowest BCUT2D eigenvalue weighted by Gasteiger charge is -2.20. The van der Waals surface area contributed by atoms with Crippen molar-refractivity contribution in [2.75, 3.05) is 12.4 Å². The number of hydrogen-bond donors (Lipinski definition) is 4. The van der Waals surface area contributed by atoms with E-state index in [0.29, 0.717) is 5.56 Å². The molecule has 0 radical (unpaired) electrons. The second-order valence-corrected chi connectivity index (χ2v) is 5.12. The fourth-order valence-corrected chi connectivity index (χ4v) is 1.43. The smallest absolute Gasteiger partial charge is 0.412 e. The van der Waals surface area contributed by atoms with E-state index < -0.39 is 11.7 Å². The molecule has 0 saturated heterocycles. The van der Waals surface area contributed by atoms with E-state index in [2.05, 4.69) is 5.32 Å². The van der Waals surface area contributed by atoms with E-state index in [4.69, 9.17) is 20.6 Å². The minimum absolute atomic E-state index is 0.0591. The number of rotatable bonds is 3. The van der Waals surface area contributed by atoms with Crippen LogP contribution < -0.4 is 15.8 Å². The average molecular weight is 281 g/mol. The topological polar surface area (TPSA) is 118 Å². The van der Waals surface area contributed by atoms with Crippen LogP contribution in [0.15, 0.2) is 12.1 Å². The number of methoxy groups -OCH3 is 1. The Morgan fingerprint density at radius 2 is 2.00 bits per heavy atom. The van der Waals surface area contributed by atoms with E-state index in [1.807, 2.05) is 0 Å². The molecule has 5 N–H and O–H groups in total. The molecule has 1 aromatic carbocycles. The van der Waals surface area contributed by atoms with Crippen LogP contribution in [-0.4, -0.2) is 29.7 Å². The highest BCUT2D eigenvalue weighted by Crippen LogP contribution is 2.35. The number of phenolic OH excluding ortho intramolecular Hbond substituents is 1. The normalized spacial score (nSPS) is 10.8. The Morgan fingerprint density at radius 3 is 2.45 bits per heavy atom. The molecule has 0 spiro atoms. The number of amides is 1. The number of nitrogens with two attached hydrogens (primary N) is 1. The summed E-state index contributed by atoms with van der Waals surface area (Å²) in [6, 6.07) is 2.77. The number of nitrogen functional groups attached to an aromatic ring is 1. The number of nitrogens with one attached hydrogen (secondary N) is 2. The van der Waals surface area contributed by atoms with Crippen molar-refractivity contribution >= 4 is 17.6 Å². The van der Waals surface area contributed by atoms with Crippen LogP contribution in [0.4, 0.5) is 10.5 Å². The van der Waals surface area contributed by atoms with Gasteiger partial charge in [-0.3, -0.25) is 10.7 Å². The molecule has 0 aliphatic heterocycles. The predicted octanol–water partition coefficient (Wildman–Crippen LogP) is 2.03. The van der Waals surface area contributed by atoms with Crippen molar-refractivity contribution in [3.05, 3.63) is 17.7 Å². The van der Waals surface area contributed by atoms with Crippen molar-refractivity contribution in [1.82, 2.24) is 0 Å². The standard InChI is InChI=1S/C13H19N3O4/c1-13(2,3)20-12(18)16-8-5-7(11(14)15)6-9(19-4)10(8)17/h5-6,17H,1-4H3,(H3,14,15)(H,16,18). The summed E-state index contributed by atoms with van der Waals surface area (Å²) in [6.07, 6.45) is -0.726. The molecule has 110 valence electrons. The van der Waals surface area contributed by atoms with Gasteiger partial charge in [0.05, 0.1) is 12.8 Å². The van der Waals surface area contributed by atoms with Gasteiger partial charge >= 0.3 is 6.09 Å². The molecule has 0 aliphatic carbocycles. The maximum Gasteiger partial charge on any atom is 0.412 e. The molecule has 7 nitrogen and oxygen atoms in total. The van der Waals surface area contributed by atoms with Crippen LogP contribution in [0, 0.1) is 5.41 Å². The maximum atomic E-state index is 11.7. The van der Waals surface area contributed by atoms with E-state index in [1.165, 1.54) is 19.2 Å². The van der Waals surface area contributed by atoms with E-state index >= 15 is 0 Å². The Morgan fingerprint density at radius 1 is 1.40 bits per heavy atom. The van der Waals surface area contributed by atoms with Crippen molar-refractivity contribution in [3.8, 4) is 11.5 Å². The summed E-state index contributed by atoms with van der Waals surface area (Å²) >= 11 is 0. The molecule has 0 atom stereocenters. The Labute approximate surface area is 117 Å². The van der Waals surface area contributed by atoms with Crippen LogP contribution in [0.25, 0.3) is 0 Å². The summed E-state index contributed by atoms with van der Waals surface area (Å²) in [7, 11) is 1.36. The van der Waals surface area contributed by atoms with Gasteiger partial charge in [0.2, 0.25) is 0 Å². The van der Waals surface area contributed by atoms with Gasteiger partial charge in [0, 0.05) is 5.56 Å². The molecule has 0 bridgehead atoms. The summed E-state index contributed by atoms with van der Waals surface area (Å²) in [4.78, 5) is 11.7. The molecule has 0 unspecified atom stereocenters. The number of benzene rings is 1. The molecule has 1 aromatic rings. The first-order valence-corrected chi connectivity index (χ1v) is 5.89. The lowest BCUT2D eigenvalue weighted by atomic mass is 10.1. The number of amidine groups is 1. The first-order valence-electron chi connectivity index (χ1n) is 5.89. The van der Waals surface area contributed by atoms with Gasteiger partial charge in [-0.1, -0.05) is 0 Å². The van der Waals surface area contributed by atoms with Gasteiger partial charge in [0.25, 0.3) is 0 Å². The first kappa shape index (κ1) is 15.6. The number of hydrogen-bond acceptors (Lipinski definition) is 5. The quantitative estimate of drug-likeness (QED) is 0.384. The minimum atomic E-state index is -0.726. The number of carbonyl (C=O) groups is 1. The van der Waals surface area contributed by atoms with Gasteiger partial charge in [-0.2, -0.15) is 0 Å². The molecule has 7 heteroatoms. The summed E-state index contributed by atoms with van der Waals surface area (Å²) in [5, 5.41) is 19.7. The van der Waals surface area contributed by atoms with Crippen LogP contribution >= 0.6 is 0 Å². The highest BCUT2D eigenvalue weighted by Gasteiger charge is 2.19. The summed E-state index contributed by atoms with van der Waals surface area (Å²) in [5.74, 6) is -0.373. The molecular formula is C13H19N3O4. The van der Waals surface area contributed by atoms with E-state index in [0.717, 1.165) is 0 Å². The van der Waals surface area contributed by atoms with Gasteiger partial charge < -0.3 is 20.3 Å². The number of aromatic hydroxyl groups is 1. The fraction of sp³-hybridized carbons (Fsp3) is 0.385. The second-order valence-electron chi connectivity index (χ2n) is 5.12. The highest BCUT2D eigenvalue weighted by atomic mass is 16.6. The van der Waals surface area contributed by atoms with E-state index in [-0.39, 0.29) is 23.0 Å². The van der Waals surface area contributed by atoms with Crippen LogP contribution in [0.5, 0.6) is 11.5 Å². The Hall–Kier alpha value is -2.44. The monoisotopic (exact) mass is 281 g/mol. The van der Waals surface area contributed by atoms with Gasteiger partial charge in [0.15, 0.2) is 11.5 Å². The minimum Gasteiger partial charge on any atom is -0.503 e. The van der Waals surface area contributed by atoms with Crippen molar-refractivity contribution in [3.63, 3.8) is 0 Å². The van der Waals surface area contributed by atoms with Crippen LogP contribution in [0.1, 0.15) is 26.3 Å². The van der Waals surface area contributed by atoms with E-state index in [9.17, 15) is 9.90 Å². The van der Waals surface area contributed by atoms with Crippen molar-refractivity contribution in [1.29, 1.82) is 5.41 Å². The zero-order chi connectivity index (χ0) is 15.5. The van der Waals surface area contributed by atoms with Crippen LogP contribution in [0.3, 0.4) is 0 Å². The molecule has 1 amide bonds. The number of carbonyl (C=O) groups excluding carboxylic acids is 1. The first-order chi connectivity index (χ1) is 9.14. The SMILES string of the molecule is COc1cc(C(=N)N)cc(NC(=O)OC(C)(C)C)c1O. The Balaban J connectivity index is 3.08. The number of anilines is 1. The number of ether oxygens (including phenoxy) is 2. The van der Waals surface area contributed by atoms with Crippen molar-refractivity contribution in [2.45, 2.75) is 26.4 Å². The van der Waals surface area contributed by atoms with Crippen molar-refractivity contribution in [2.24, 2.45) is 5.73 Å². The predicted molar refractivity (Wildman–Crippen MR) is 75.5 cm³/mol. The fourth-order valence-electron chi connectivity index (χ4n) is 1.43. The molecular weight excluding hydrogens is 262 g/mol. The summed E-state index contributed by atoms with van der Waals surface area (Å²) < 4.78 is 10.0. The second kappa shape index (κ2) is 5.68. The van der Waals surface area contributed by atoms with Crippen LogP contribution in [0.2, 0.25) is 0 Å². The Bertz CT molecular complexity index is 535. The third-order valence-electron chi connectivity index (χ3n) is 2.24. The van der Waals surface area contributed by atoms with Gasteiger partial charge in [-0.05, 0) is 32.9 Å². The maximum absolute atomic E-state index is 11.7.